The first-order valence-electron chi connectivity index (χ1n) is 15.9. The molecule has 2 aromatic heterocycles. The van der Waals surface area contributed by atoms with Crippen LogP contribution in [0.25, 0.3) is 0 Å². The van der Waals surface area contributed by atoms with Crippen LogP contribution < -0.4 is 9.62 Å². The van der Waals surface area contributed by atoms with E-state index in [0.717, 1.165) is 31.0 Å². The van der Waals surface area contributed by atoms with Gasteiger partial charge in [-0.05, 0) is 97.8 Å². The molecule has 7 rings (SSSR count). The lowest BCUT2D eigenvalue weighted by Crippen LogP contribution is -2.54. The highest BCUT2D eigenvalue weighted by Gasteiger charge is 2.60. The van der Waals surface area contributed by atoms with Gasteiger partial charge in [-0.25, -0.2) is 12.8 Å². The summed E-state index contributed by atoms with van der Waals surface area (Å²) in [5, 5.41) is 2.79. The number of halogens is 5. The summed E-state index contributed by atoms with van der Waals surface area (Å²) < 4.78 is 84.8. The minimum absolute atomic E-state index is 0.0186. The predicted octanol–water partition coefficient (Wildman–Crippen LogP) is 6.38. The Morgan fingerprint density at radius 2 is 1.72 bits per heavy atom. The maximum absolute atomic E-state index is 14.4. The molecule has 1 spiro atoms. The minimum Gasteiger partial charge on any atom is -0.346 e. The van der Waals surface area contributed by atoms with Gasteiger partial charge in [0.2, 0.25) is 0 Å². The lowest BCUT2D eigenvalue weighted by molar-refractivity contribution is -0.138. The predicted molar refractivity (Wildman–Crippen MR) is 175 cm³/mol. The Morgan fingerprint density at radius 1 is 1.00 bits per heavy atom. The van der Waals surface area contributed by atoms with E-state index >= 15 is 0 Å². The molecule has 4 heterocycles. The van der Waals surface area contributed by atoms with Crippen molar-refractivity contribution in [2.45, 2.75) is 54.8 Å². The number of alkyl halides is 3. The fourth-order valence-electron chi connectivity index (χ4n) is 7.34. The molecule has 15 heteroatoms. The molecule has 3 aliphatic rings. The molecule has 1 atom stereocenters. The second kappa shape index (κ2) is 12.6. The number of fused-ring (bicyclic) bond motifs is 2. The number of sulfonamides is 1. The Morgan fingerprint density at radius 3 is 2.38 bits per heavy atom. The van der Waals surface area contributed by atoms with Gasteiger partial charge in [0.1, 0.15) is 5.82 Å². The number of nitrogens with one attached hydrogen (secondary N) is 1. The van der Waals surface area contributed by atoms with E-state index in [4.69, 9.17) is 11.6 Å². The molecular weight excluding hydrogens is 698 g/mol. The third-order valence-corrected chi connectivity index (χ3v) is 12.0. The Hall–Kier alpha value is -4.56. The summed E-state index contributed by atoms with van der Waals surface area (Å²) in [5.41, 5.74) is -0.798. The Kier molecular flexibility index (Phi) is 8.58. The molecule has 2 amide bonds. The molecule has 0 bridgehead atoms. The fraction of sp³-hybridized carbons (Fsp3) is 0.314. The molecule has 2 fully saturated rings. The number of hydrogen-bond acceptors (Lipinski definition) is 6. The summed E-state index contributed by atoms with van der Waals surface area (Å²) >= 11 is 6.30. The van der Waals surface area contributed by atoms with E-state index in [1.807, 2.05) is 0 Å². The molecule has 1 aliphatic carbocycles. The van der Waals surface area contributed by atoms with Crippen molar-refractivity contribution < 1.29 is 35.6 Å². The molecule has 4 aromatic rings. The van der Waals surface area contributed by atoms with Gasteiger partial charge in [-0.2, -0.15) is 13.2 Å². The molecular formula is C35H30ClF4N5O4S. The van der Waals surface area contributed by atoms with Crippen LogP contribution in [0.5, 0.6) is 0 Å². The van der Waals surface area contributed by atoms with Crippen molar-refractivity contribution in [1.29, 1.82) is 0 Å². The number of hydrogen-bond donors (Lipinski definition) is 1. The molecule has 2 aliphatic heterocycles. The molecule has 2 aromatic carbocycles. The summed E-state index contributed by atoms with van der Waals surface area (Å²) in [5.74, 6) is -1.58. The van der Waals surface area contributed by atoms with Crippen LogP contribution in [0.4, 0.5) is 23.2 Å². The largest absolute Gasteiger partial charge is 0.418 e. The van der Waals surface area contributed by atoms with Gasteiger partial charge in [0.05, 0.1) is 45.0 Å². The third-order valence-electron chi connectivity index (χ3n) is 9.84. The third kappa shape index (κ3) is 5.97. The van der Waals surface area contributed by atoms with Gasteiger partial charge in [-0.3, -0.25) is 23.9 Å². The number of carbonyl (C=O) groups excluding carboxylic acids is 2. The number of pyridine rings is 2. The second-order valence-electron chi connectivity index (χ2n) is 12.8. The Labute approximate surface area is 290 Å². The van der Waals surface area contributed by atoms with Crippen molar-refractivity contribution in [2.75, 3.05) is 17.4 Å². The monoisotopic (exact) mass is 727 g/mol. The zero-order valence-electron chi connectivity index (χ0n) is 26.3. The summed E-state index contributed by atoms with van der Waals surface area (Å²) in [6.07, 6.45) is 1.67. The highest BCUT2D eigenvalue weighted by Crippen LogP contribution is 2.59. The first-order valence-corrected chi connectivity index (χ1v) is 17.8. The lowest BCUT2D eigenvalue weighted by Gasteiger charge is -2.45. The number of carbonyl (C=O) groups is 2. The summed E-state index contributed by atoms with van der Waals surface area (Å²) in [6.45, 7) is 0.0292. The highest BCUT2D eigenvalue weighted by atomic mass is 35.5. The van der Waals surface area contributed by atoms with Crippen LogP contribution >= 0.6 is 11.6 Å². The van der Waals surface area contributed by atoms with Crippen LogP contribution in [0.3, 0.4) is 0 Å². The number of likely N-dealkylation sites (tertiary alicyclic amines) is 1. The molecule has 1 saturated heterocycles. The van der Waals surface area contributed by atoms with E-state index in [9.17, 15) is 35.6 Å². The van der Waals surface area contributed by atoms with Crippen LogP contribution in [0.1, 0.15) is 63.2 Å². The number of nitrogens with zero attached hydrogens (tertiary/aromatic N) is 4. The first-order chi connectivity index (χ1) is 23.8. The van der Waals surface area contributed by atoms with Crippen molar-refractivity contribution in [1.82, 2.24) is 20.2 Å². The number of piperidine rings is 1. The van der Waals surface area contributed by atoms with E-state index in [-0.39, 0.29) is 51.7 Å². The Bertz CT molecular complexity index is 2090. The van der Waals surface area contributed by atoms with Crippen molar-refractivity contribution >= 4 is 39.1 Å². The SMILES string of the molecule is O=C(NCc1ncccc1C(F)(F)F)c1ccc2c(c1)C1(CCN(C(=O)c3cnccc3Cl)CC1)C(C1CC1)N2S(=O)(=O)c1ccc(F)cc1. The van der Waals surface area contributed by atoms with E-state index in [1.54, 1.807) is 17.0 Å². The topological polar surface area (TPSA) is 113 Å². The molecule has 1 N–H and O–H groups in total. The van der Waals surface area contributed by atoms with Crippen LogP contribution in [0.2, 0.25) is 5.02 Å². The summed E-state index contributed by atoms with van der Waals surface area (Å²) in [7, 11) is -4.23. The molecule has 1 saturated carbocycles. The molecule has 0 radical (unpaired) electrons. The average molecular weight is 728 g/mol. The van der Waals surface area contributed by atoms with E-state index in [0.29, 0.717) is 24.1 Å². The van der Waals surface area contributed by atoms with E-state index in [2.05, 4.69) is 15.3 Å². The van der Waals surface area contributed by atoms with E-state index < -0.39 is 51.5 Å². The Balaban J connectivity index is 1.26. The van der Waals surface area contributed by atoms with Gasteiger partial charge >= 0.3 is 6.18 Å². The van der Waals surface area contributed by atoms with Crippen LogP contribution in [0.15, 0.2) is 84.1 Å². The molecule has 50 heavy (non-hydrogen) atoms. The smallest absolute Gasteiger partial charge is 0.346 e. The number of benzene rings is 2. The van der Waals surface area contributed by atoms with Crippen LogP contribution in [-0.4, -0.2) is 54.2 Å². The molecule has 260 valence electrons. The fourth-order valence-corrected chi connectivity index (χ4v) is 9.32. The summed E-state index contributed by atoms with van der Waals surface area (Å²) in [4.78, 5) is 36.4. The second-order valence-corrected chi connectivity index (χ2v) is 15.0. The lowest BCUT2D eigenvalue weighted by atomic mass is 9.68. The quantitative estimate of drug-likeness (QED) is 0.221. The summed E-state index contributed by atoms with van der Waals surface area (Å²) in [6, 6.07) is 12.2. The van der Waals surface area contributed by atoms with Gasteiger partial charge in [0, 0.05) is 42.7 Å². The molecule has 1 unspecified atom stereocenters. The van der Waals surface area contributed by atoms with Crippen molar-refractivity contribution in [3.63, 3.8) is 0 Å². The van der Waals surface area contributed by atoms with Crippen LogP contribution in [0, 0.1) is 11.7 Å². The van der Waals surface area contributed by atoms with Gasteiger partial charge in [-0.1, -0.05) is 11.6 Å². The number of rotatable bonds is 7. The molecule has 9 nitrogen and oxygen atoms in total. The maximum Gasteiger partial charge on any atom is 0.418 e. The van der Waals surface area contributed by atoms with Crippen molar-refractivity contribution in [3.8, 4) is 0 Å². The van der Waals surface area contributed by atoms with Gasteiger partial charge in [0.25, 0.3) is 21.8 Å². The first kappa shape index (κ1) is 33.9. The maximum atomic E-state index is 14.4. The normalized spacial score (nSPS) is 18.6. The highest BCUT2D eigenvalue weighted by molar-refractivity contribution is 7.93. The van der Waals surface area contributed by atoms with Gasteiger partial charge in [0.15, 0.2) is 0 Å². The van der Waals surface area contributed by atoms with Crippen molar-refractivity contribution in [2.24, 2.45) is 5.92 Å². The van der Waals surface area contributed by atoms with Gasteiger partial charge in [-0.15, -0.1) is 0 Å². The average Bonchev–Trinajstić information content (AvgIpc) is 3.90. The van der Waals surface area contributed by atoms with Crippen LogP contribution in [-0.2, 0) is 28.2 Å². The number of aromatic nitrogens is 2. The zero-order valence-corrected chi connectivity index (χ0v) is 27.9. The number of anilines is 1. The minimum atomic E-state index is -4.66. The van der Waals surface area contributed by atoms with Gasteiger partial charge < -0.3 is 10.2 Å². The van der Waals surface area contributed by atoms with Crippen molar-refractivity contribution in [3.05, 3.63) is 118 Å². The number of amides is 2. The van der Waals surface area contributed by atoms with E-state index in [1.165, 1.54) is 53.2 Å². The zero-order chi connectivity index (χ0) is 35.4. The standard InChI is InChI=1S/C35H30ClF4N5O4S/c36-28-11-15-41-19-25(28)33(47)44-16-12-34(13-17-44)27-18-22(32(46)43-20-29-26(35(38,39)40)2-1-14-42-29)5-10-30(27)45(31(34)21-3-4-21)50(48,49)24-8-6-23(37)7-9-24/h1-2,5-11,14-15,18-19,21,31H,3-4,12-13,16-17,20H2,(H,43,46).